The lowest BCUT2D eigenvalue weighted by molar-refractivity contribution is -0.141. The Morgan fingerprint density at radius 2 is 0.950 bits per heavy atom. The molecule has 4 aliphatic rings. The summed E-state index contributed by atoms with van der Waals surface area (Å²) in [5.41, 5.74) is -1.55. The quantitative estimate of drug-likeness (QED) is 0.0839. The molecule has 0 N–H and O–H groups in total. The fraction of sp³-hybridized carbons (Fsp3) is 0.577. The molecule has 80 heavy (non-hydrogen) atoms. The van der Waals surface area contributed by atoms with Crippen LogP contribution in [0.5, 0.6) is 0 Å². The lowest BCUT2D eigenvalue weighted by Gasteiger charge is -2.47. The van der Waals surface area contributed by atoms with Gasteiger partial charge < -0.3 is 19.6 Å². The minimum absolute atomic E-state index is 0.0431. The van der Waals surface area contributed by atoms with Gasteiger partial charge in [-0.2, -0.15) is 36.5 Å². The SMILES string of the molecule is C[C@H](c1ccc(Cl)cc1Cl)n1nc(C(F)(F)F)c2ncc(N3CC([C@@H]4CCCN(CCCS(C)(=O)=O)C4)C3)nc21.C[C@H](c1ccc(Cl)cc1Cl)n1nc(C(F)(F)F)c2ncc(N3CC([C@H]4CCCN(CCCS(C)(=O)=O)C4)C3)nc21. The molecule has 2 aromatic carbocycles. The summed E-state index contributed by atoms with van der Waals surface area (Å²) >= 11 is 24.7. The Labute approximate surface area is 480 Å². The second-order valence-corrected chi connectivity index (χ2v) is 28.0. The number of benzene rings is 2. The molecule has 10 rings (SSSR count). The van der Waals surface area contributed by atoms with E-state index in [9.17, 15) is 43.2 Å². The fourth-order valence-electron chi connectivity index (χ4n) is 11.4. The van der Waals surface area contributed by atoms with Crippen LogP contribution < -0.4 is 9.80 Å². The van der Waals surface area contributed by atoms with Gasteiger partial charge in [0.25, 0.3) is 0 Å². The largest absolute Gasteiger partial charge is 0.437 e. The number of piperidine rings is 2. The van der Waals surface area contributed by atoms with Crippen LogP contribution in [0.4, 0.5) is 38.0 Å². The molecule has 4 aromatic heterocycles. The third-order valence-electron chi connectivity index (χ3n) is 15.7. The van der Waals surface area contributed by atoms with Crippen molar-refractivity contribution in [3.63, 3.8) is 0 Å². The summed E-state index contributed by atoms with van der Waals surface area (Å²) in [5.74, 6) is 3.23. The number of sulfone groups is 2. The molecule has 0 unspecified atom stereocenters. The van der Waals surface area contributed by atoms with Crippen molar-refractivity contribution in [2.45, 2.75) is 76.8 Å². The molecule has 0 spiro atoms. The van der Waals surface area contributed by atoms with Crippen LogP contribution in [-0.4, -0.2) is 156 Å². The van der Waals surface area contributed by atoms with Gasteiger partial charge in [0.15, 0.2) is 22.7 Å². The van der Waals surface area contributed by atoms with E-state index >= 15 is 0 Å². The highest BCUT2D eigenvalue weighted by molar-refractivity contribution is 7.90. The van der Waals surface area contributed by atoms with Crippen molar-refractivity contribution in [2.75, 3.05) is 99.3 Å². The zero-order chi connectivity index (χ0) is 57.6. The topological polar surface area (TPSA) is 168 Å². The summed E-state index contributed by atoms with van der Waals surface area (Å²) in [5, 5.41) is 9.28. The van der Waals surface area contributed by atoms with Gasteiger partial charge in [-0.3, -0.25) is 0 Å². The number of hydrogen-bond acceptors (Lipinski definition) is 14. The molecular formula is C52H62Cl4F6N12O4S2. The van der Waals surface area contributed by atoms with Crippen LogP contribution in [0.1, 0.15) is 87.0 Å². The zero-order valence-electron chi connectivity index (χ0n) is 44.4. The molecule has 4 fully saturated rings. The molecule has 16 nitrogen and oxygen atoms in total. The lowest BCUT2D eigenvalue weighted by atomic mass is 9.80. The number of halogens is 10. The summed E-state index contributed by atoms with van der Waals surface area (Å²) in [7, 11) is -5.93. The molecule has 28 heteroatoms. The van der Waals surface area contributed by atoms with E-state index < -0.39 is 55.5 Å². The average molecular weight is 1240 g/mol. The van der Waals surface area contributed by atoms with Crippen LogP contribution in [0.3, 0.4) is 0 Å². The van der Waals surface area contributed by atoms with Gasteiger partial charge in [-0.15, -0.1) is 0 Å². The second kappa shape index (κ2) is 24.1. The Balaban J connectivity index is 0.000000194. The molecule has 4 atom stereocenters. The lowest BCUT2D eigenvalue weighted by Crippen LogP contribution is -2.54. The Morgan fingerprint density at radius 1 is 0.575 bits per heavy atom. The summed E-state index contributed by atoms with van der Waals surface area (Å²) in [4.78, 5) is 26.3. The predicted octanol–water partition coefficient (Wildman–Crippen LogP) is 10.7. The Hall–Kier alpha value is -4.30. The van der Waals surface area contributed by atoms with E-state index in [-0.39, 0.29) is 33.8 Å². The van der Waals surface area contributed by atoms with Crippen LogP contribution in [0.2, 0.25) is 20.1 Å². The Kier molecular flexibility index (Phi) is 18.2. The molecule has 436 valence electrons. The second-order valence-electron chi connectivity index (χ2n) is 21.8. The van der Waals surface area contributed by atoms with Gasteiger partial charge in [0.2, 0.25) is 0 Å². The van der Waals surface area contributed by atoms with E-state index in [1.165, 1.54) is 34.3 Å². The normalized spacial score (nSPS) is 20.2. The van der Waals surface area contributed by atoms with Gasteiger partial charge in [-0.1, -0.05) is 58.5 Å². The number of hydrogen-bond donors (Lipinski definition) is 0. The third kappa shape index (κ3) is 14.2. The number of fused-ring (bicyclic) bond motifs is 2. The Bertz CT molecular complexity index is 3210. The van der Waals surface area contributed by atoms with Gasteiger partial charge in [0.1, 0.15) is 42.3 Å². The van der Waals surface area contributed by atoms with Crippen molar-refractivity contribution >= 4 is 100 Å². The minimum atomic E-state index is -4.70. The van der Waals surface area contributed by atoms with E-state index in [1.54, 1.807) is 50.2 Å². The summed E-state index contributed by atoms with van der Waals surface area (Å²) in [6.07, 6.45) is 1.51. The number of aromatic nitrogens is 8. The van der Waals surface area contributed by atoms with Gasteiger partial charge in [-0.25, -0.2) is 46.1 Å². The first-order valence-corrected chi connectivity index (χ1v) is 32.1. The predicted molar refractivity (Wildman–Crippen MR) is 300 cm³/mol. The zero-order valence-corrected chi connectivity index (χ0v) is 49.1. The maximum Gasteiger partial charge on any atom is 0.437 e. The molecule has 4 aliphatic heterocycles. The van der Waals surface area contributed by atoms with Crippen LogP contribution in [0.15, 0.2) is 48.8 Å². The highest BCUT2D eigenvalue weighted by Gasteiger charge is 2.43. The molecule has 0 amide bonds. The molecule has 6 aromatic rings. The summed E-state index contributed by atoms with van der Waals surface area (Å²) in [6.45, 7) is 11.7. The van der Waals surface area contributed by atoms with Crippen LogP contribution in [0, 0.1) is 23.7 Å². The van der Waals surface area contributed by atoms with Gasteiger partial charge in [0.05, 0.1) is 36.0 Å². The monoisotopic (exact) mass is 1240 g/mol. The molecule has 0 saturated carbocycles. The van der Waals surface area contributed by atoms with E-state index in [0.717, 1.165) is 91.1 Å². The average Bonchev–Trinajstić information content (AvgIpc) is 3.99. The number of likely N-dealkylation sites (tertiary alicyclic amines) is 2. The van der Waals surface area contributed by atoms with Crippen molar-refractivity contribution in [2.24, 2.45) is 23.7 Å². The third-order valence-corrected chi connectivity index (χ3v) is 18.9. The minimum Gasteiger partial charge on any atom is -0.355 e. The first-order chi connectivity index (χ1) is 37.6. The van der Waals surface area contributed by atoms with E-state index in [4.69, 9.17) is 46.4 Å². The number of nitrogens with zero attached hydrogens (tertiary/aromatic N) is 12. The van der Waals surface area contributed by atoms with E-state index in [0.29, 0.717) is 79.4 Å². The van der Waals surface area contributed by atoms with Crippen molar-refractivity contribution < 1.29 is 43.2 Å². The molecule has 0 bridgehead atoms. The molecule has 4 saturated heterocycles. The van der Waals surface area contributed by atoms with E-state index in [1.807, 2.05) is 9.80 Å². The number of anilines is 2. The van der Waals surface area contributed by atoms with Crippen LogP contribution in [0.25, 0.3) is 22.3 Å². The van der Waals surface area contributed by atoms with Crippen LogP contribution in [-0.2, 0) is 32.0 Å². The summed E-state index contributed by atoms with van der Waals surface area (Å²) in [6, 6.07) is 8.39. The smallest absolute Gasteiger partial charge is 0.355 e. The van der Waals surface area contributed by atoms with Gasteiger partial charge >= 0.3 is 12.4 Å². The molecular weight excluding hydrogens is 1180 g/mol. The first kappa shape index (κ1) is 60.3. The first-order valence-electron chi connectivity index (χ1n) is 26.4. The van der Waals surface area contributed by atoms with E-state index in [2.05, 4.69) is 39.9 Å². The van der Waals surface area contributed by atoms with Crippen molar-refractivity contribution in [3.05, 3.63) is 91.4 Å². The van der Waals surface area contributed by atoms with Crippen molar-refractivity contribution in [3.8, 4) is 0 Å². The van der Waals surface area contributed by atoms with Gasteiger partial charge in [0, 0.05) is 71.9 Å². The van der Waals surface area contributed by atoms with Gasteiger partial charge in [-0.05, 0) is 138 Å². The van der Waals surface area contributed by atoms with Crippen LogP contribution >= 0.6 is 46.4 Å². The highest BCUT2D eigenvalue weighted by Crippen LogP contribution is 2.41. The Morgan fingerprint density at radius 3 is 1.29 bits per heavy atom. The number of rotatable bonds is 16. The van der Waals surface area contributed by atoms with Crippen molar-refractivity contribution in [1.29, 1.82) is 0 Å². The molecule has 0 aliphatic carbocycles. The maximum atomic E-state index is 13.9. The fourth-order valence-corrected chi connectivity index (χ4v) is 13.9. The summed E-state index contributed by atoms with van der Waals surface area (Å²) < 4.78 is 131. The van der Waals surface area contributed by atoms with Crippen molar-refractivity contribution in [1.82, 2.24) is 49.3 Å². The standard InChI is InChI=1S/2C26H31Cl2F3N6O2S/c2*1-16(20-7-6-19(27)11-21(20)28)37-25-23(24(34-37)26(29,30)31)32-12-22(33-25)36-14-18(15-36)17-5-3-8-35(13-17)9-4-10-40(2,38)39/h2*6-7,11-12,16-18H,3-5,8-10,13-15H2,1-2H3/t16-,17+;16-,17-/m11/s1. The maximum absolute atomic E-state index is 13.9. The molecule has 8 heterocycles. The number of alkyl halides is 6. The molecule has 0 radical (unpaired) electrons. The highest BCUT2D eigenvalue weighted by atomic mass is 35.5.